The Balaban J connectivity index is 1.89. The molecule has 32 heavy (non-hydrogen) atoms. The highest BCUT2D eigenvalue weighted by molar-refractivity contribution is 5.83. The van der Waals surface area contributed by atoms with Crippen LogP contribution in [0.5, 0.6) is 0 Å². The molecule has 0 amide bonds. The Hall–Kier alpha value is -2.42. The molecule has 1 aliphatic heterocycles. The lowest BCUT2D eigenvalue weighted by molar-refractivity contribution is -0.280. The molecule has 5 nitrogen and oxygen atoms in total. The fraction of sp³-hybridized carbons (Fsp3) is 0.458. The molecule has 174 valence electrons. The Morgan fingerprint density at radius 1 is 1.09 bits per heavy atom. The highest BCUT2D eigenvalue weighted by Crippen LogP contribution is 2.43. The standard InChI is InChI=1S/C24H27F3O5/c1-22(2)30-16-20(32-22)19(15-14-17-10-6-4-7-11-17)31-21(28)23(29-3,24(25,26)27)18-12-8-5-9-13-18/h4-13,19-20H,14-16H2,1-3H3/t19-,20+,23+/m0/s1. The van der Waals surface area contributed by atoms with Crippen LogP contribution in [0.15, 0.2) is 60.7 Å². The van der Waals surface area contributed by atoms with Crippen LogP contribution in [-0.4, -0.2) is 43.9 Å². The van der Waals surface area contributed by atoms with Crippen molar-refractivity contribution in [1.29, 1.82) is 0 Å². The molecule has 1 aliphatic rings. The van der Waals surface area contributed by atoms with E-state index < -0.39 is 35.7 Å². The van der Waals surface area contributed by atoms with E-state index in [2.05, 4.69) is 0 Å². The van der Waals surface area contributed by atoms with Gasteiger partial charge in [0.1, 0.15) is 12.2 Å². The fourth-order valence-corrected chi connectivity index (χ4v) is 3.78. The summed E-state index contributed by atoms with van der Waals surface area (Å²) in [5.41, 5.74) is -2.65. The van der Waals surface area contributed by atoms with Crippen molar-refractivity contribution in [2.75, 3.05) is 13.7 Å². The van der Waals surface area contributed by atoms with E-state index in [1.165, 1.54) is 24.3 Å². The summed E-state index contributed by atoms with van der Waals surface area (Å²) in [5, 5.41) is 0. The molecule has 0 radical (unpaired) electrons. The normalized spacial score (nSPS) is 21.0. The molecular formula is C24H27F3O5. The Labute approximate surface area is 185 Å². The third kappa shape index (κ3) is 5.14. The summed E-state index contributed by atoms with van der Waals surface area (Å²) in [6.07, 6.45) is -5.99. The molecule has 1 heterocycles. The zero-order chi connectivity index (χ0) is 23.4. The molecule has 0 unspecified atom stereocenters. The second-order valence-corrected chi connectivity index (χ2v) is 8.08. The van der Waals surface area contributed by atoms with Gasteiger partial charge in [0.2, 0.25) is 0 Å². The van der Waals surface area contributed by atoms with Gasteiger partial charge in [0.15, 0.2) is 5.79 Å². The molecule has 0 saturated carbocycles. The van der Waals surface area contributed by atoms with Crippen molar-refractivity contribution in [3.05, 3.63) is 71.8 Å². The summed E-state index contributed by atoms with van der Waals surface area (Å²) < 4.78 is 64.4. The van der Waals surface area contributed by atoms with E-state index in [-0.39, 0.29) is 18.6 Å². The number of alkyl halides is 3. The van der Waals surface area contributed by atoms with Crippen molar-refractivity contribution in [3.8, 4) is 0 Å². The van der Waals surface area contributed by atoms with Crippen molar-refractivity contribution in [2.24, 2.45) is 0 Å². The first-order chi connectivity index (χ1) is 15.1. The van der Waals surface area contributed by atoms with Crippen LogP contribution in [0.1, 0.15) is 31.4 Å². The first kappa shape index (κ1) is 24.2. The molecule has 0 aromatic heterocycles. The summed E-state index contributed by atoms with van der Waals surface area (Å²) in [6, 6.07) is 16.1. The second kappa shape index (κ2) is 9.60. The number of benzene rings is 2. The van der Waals surface area contributed by atoms with Crippen molar-refractivity contribution >= 4 is 5.97 Å². The number of hydrogen-bond donors (Lipinski definition) is 0. The minimum atomic E-state index is -5.05. The summed E-state index contributed by atoms with van der Waals surface area (Å²) in [6.45, 7) is 3.49. The number of ether oxygens (including phenoxy) is 4. The van der Waals surface area contributed by atoms with Crippen LogP contribution in [0, 0.1) is 0 Å². The third-order valence-corrected chi connectivity index (χ3v) is 5.44. The molecule has 2 aromatic rings. The lowest BCUT2D eigenvalue weighted by Gasteiger charge is -2.34. The number of aryl methyl sites for hydroxylation is 1. The Morgan fingerprint density at radius 2 is 1.69 bits per heavy atom. The first-order valence-electron chi connectivity index (χ1n) is 10.3. The molecule has 1 fully saturated rings. The molecule has 0 bridgehead atoms. The van der Waals surface area contributed by atoms with Gasteiger partial charge in [0.25, 0.3) is 5.60 Å². The van der Waals surface area contributed by atoms with Crippen LogP contribution in [0.3, 0.4) is 0 Å². The van der Waals surface area contributed by atoms with Gasteiger partial charge in [-0.1, -0.05) is 60.7 Å². The van der Waals surface area contributed by atoms with Crippen LogP contribution in [0.2, 0.25) is 0 Å². The molecule has 3 atom stereocenters. The van der Waals surface area contributed by atoms with E-state index in [4.69, 9.17) is 18.9 Å². The minimum Gasteiger partial charge on any atom is -0.457 e. The topological polar surface area (TPSA) is 54.0 Å². The Bertz CT molecular complexity index is 886. The second-order valence-electron chi connectivity index (χ2n) is 8.08. The summed E-state index contributed by atoms with van der Waals surface area (Å²) in [7, 11) is 0.846. The van der Waals surface area contributed by atoms with E-state index >= 15 is 0 Å². The zero-order valence-corrected chi connectivity index (χ0v) is 18.2. The number of esters is 1. The fourth-order valence-electron chi connectivity index (χ4n) is 3.78. The average Bonchev–Trinajstić information content (AvgIpc) is 3.12. The summed E-state index contributed by atoms with van der Waals surface area (Å²) >= 11 is 0. The number of carbonyl (C=O) groups excluding carboxylic acids is 1. The number of carbonyl (C=O) groups is 1. The highest BCUT2D eigenvalue weighted by atomic mass is 19.4. The van der Waals surface area contributed by atoms with Gasteiger partial charge >= 0.3 is 12.1 Å². The number of methoxy groups -OCH3 is 1. The Morgan fingerprint density at radius 3 is 2.19 bits per heavy atom. The number of rotatable bonds is 8. The molecule has 1 saturated heterocycles. The van der Waals surface area contributed by atoms with Gasteiger partial charge in [-0.25, -0.2) is 4.79 Å². The quantitative estimate of drug-likeness (QED) is 0.540. The predicted molar refractivity (Wildman–Crippen MR) is 111 cm³/mol. The maximum atomic E-state index is 14.2. The average molecular weight is 452 g/mol. The smallest absolute Gasteiger partial charge is 0.432 e. The molecule has 3 rings (SSSR count). The SMILES string of the molecule is CO[C@@](C(=O)O[C@@H](CCc1ccccc1)[C@H]1COC(C)(C)O1)(c1ccccc1)C(F)(F)F. The van der Waals surface area contributed by atoms with E-state index in [9.17, 15) is 18.0 Å². The van der Waals surface area contributed by atoms with E-state index in [1.54, 1.807) is 19.9 Å². The van der Waals surface area contributed by atoms with E-state index in [0.29, 0.717) is 6.42 Å². The van der Waals surface area contributed by atoms with Crippen LogP contribution in [0.4, 0.5) is 13.2 Å². The number of halogens is 3. The lowest BCUT2D eigenvalue weighted by atomic mass is 9.92. The zero-order valence-electron chi connectivity index (χ0n) is 18.2. The van der Waals surface area contributed by atoms with Gasteiger partial charge in [-0.3, -0.25) is 0 Å². The van der Waals surface area contributed by atoms with Gasteiger partial charge in [-0.2, -0.15) is 13.2 Å². The van der Waals surface area contributed by atoms with Crippen LogP contribution in [-0.2, 0) is 35.8 Å². The minimum absolute atomic E-state index is 0.0943. The van der Waals surface area contributed by atoms with Crippen molar-refractivity contribution in [1.82, 2.24) is 0 Å². The summed E-state index contributed by atoms with van der Waals surface area (Å²) in [5.74, 6) is -2.46. The van der Waals surface area contributed by atoms with Crippen LogP contribution >= 0.6 is 0 Å². The highest BCUT2D eigenvalue weighted by Gasteiger charge is 2.64. The Kier molecular flexibility index (Phi) is 7.27. The first-order valence-corrected chi connectivity index (χ1v) is 10.3. The van der Waals surface area contributed by atoms with Gasteiger partial charge in [-0.05, 0) is 32.3 Å². The molecular weight excluding hydrogens is 425 g/mol. The van der Waals surface area contributed by atoms with Crippen LogP contribution in [0.25, 0.3) is 0 Å². The molecule has 2 aromatic carbocycles. The molecule has 0 N–H and O–H groups in total. The van der Waals surface area contributed by atoms with Crippen molar-refractivity contribution in [2.45, 2.75) is 56.5 Å². The summed E-state index contributed by atoms with van der Waals surface area (Å²) in [4.78, 5) is 13.1. The third-order valence-electron chi connectivity index (χ3n) is 5.44. The monoisotopic (exact) mass is 452 g/mol. The molecule has 0 aliphatic carbocycles. The largest absolute Gasteiger partial charge is 0.457 e. The van der Waals surface area contributed by atoms with Gasteiger partial charge < -0.3 is 18.9 Å². The maximum absolute atomic E-state index is 14.2. The number of hydrogen-bond acceptors (Lipinski definition) is 5. The van der Waals surface area contributed by atoms with Gasteiger partial charge in [0, 0.05) is 12.7 Å². The van der Waals surface area contributed by atoms with Gasteiger partial charge in [0.05, 0.1) is 6.61 Å². The lowest BCUT2D eigenvalue weighted by Crippen LogP contribution is -2.53. The predicted octanol–water partition coefficient (Wildman–Crippen LogP) is 4.79. The molecule has 8 heteroatoms. The maximum Gasteiger partial charge on any atom is 0.432 e. The van der Waals surface area contributed by atoms with E-state index in [0.717, 1.165) is 12.7 Å². The molecule has 0 spiro atoms. The van der Waals surface area contributed by atoms with Crippen molar-refractivity contribution < 1.29 is 36.9 Å². The van der Waals surface area contributed by atoms with Gasteiger partial charge in [-0.15, -0.1) is 0 Å². The van der Waals surface area contributed by atoms with Crippen molar-refractivity contribution in [3.63, 3.8) is 0 Å². The van der Waals surface area contributed by atoms with Crippen LogP contribution < -0.4 is 0 Å². The van der Waals surface area contributed by atoms with E-state index in [1.807, 2.05) is 30.3 Å².